The number of rotatable bonds is 2. The molecule has 0 radical (unpaired) electrons. The summed E-state index contributed by atoms with van der Waals surface area (Å²) in [6, 6.07) is 11.5. The number of phenols is 1. The molecule has 5 nitrogen and oxygen atoms in total. The standard InChI is InChI=1S/C15H14N2O3/c18-12-6-4-11(5-7-12)15(20)9-17(10-15)14(19)13-3-1-2-8-16-13/h1-8,18,20H,9-10H2. The van der Waals surface area contributed by atoms with Crippen LogP contribution in [0, 0.1) is 0 Å². The van der Waals surface area contributed by atoms with E-state index in [0.717, 1.165) is 0 Å². The number of nitrogens with zero attached hydrogens (tertiary/aromatic N) is 2. The Balaban J connectivity index is 1.71. The maximum absolute atomic E-state index is 12.1. The van der Waals surface area contributed by atoms with Crippen molar-refractivity contribution in [2.45, 2.75) is 5.60 Å². The first-order valence-corrected chi connectivity index (χ1v) is 6.31. The molecule has 1 saturated heterocycles. The summed E-state index contributed by atoms with van der Waals surface area (Å²) in [5.74, 6) is -0.0351. The van der Waals surface area contributed by atoms with Gasteiger partial charge in [-0.15, -0.1) is 0 Å². The molecule has 0 aliphatic carbocycles. The van der Waals surface area contributed by atoms with Crippen LogP contribution in [0.2, 0.25) is 0 Å². The summed E-state index contributed by atoms with van der Waals surface area (Å²) >= 11 is 0. The van der Waals surface area contributed by atoms with Crippen molar-refractivity contribution in [2.24, 2.45) is 0 Å². The molecule has 1 aliphatic heterocycles. The van der Waals surface area contributed by atoms with Crippen molar-refractivity contribution in [3.8, 4) is 5.75 Å². The molecule has 0 spiro atoms. The van der Waals surface area contributed by atoms with Crippen molar-refractivity contribution in [1.29, 1.82) is 0 Å². The molecule has 102 valence electrons. The number of β-amino-alcohol motifs (C(OH)–C–C–N with tert-alkyl or cyclic N) is 1. The van der Waals surface area contributed by atoms with Gasteiger partial charge < -0.3 is 15.1 Å². The highest BCUT2D eigenvalue weighted by Gasteiger charge is 2.45. The average Bonchev–Trinajstić information content (AvgIpc) is 2.45. The molecular weight excluding hydrogens is 256 g/mol. The maximum atomic E-state index is 12.1. The van der Waals surface area contributed by atoms with Crippen molar-refractivity contribution in [1.82, 2.24) is 9.88 Å². The number of carbonyl (C=O) groups excluding carboxylic acids is 1. The molecule has 20 heavy (non-hydrogen) atoms. The number of aliphatic hydroxyl groups is 1. The summed E-state index contributed by atoms with van der Waals surface area (Å²) in [6.45, 7) is 0.459. The molecular formula is C15H14N2O3. The lowest BCUT2D eigenvalue weighted by molar-refractivity contribution is -0.0865. The number of aromatic hydroxyl groups is 1. The predicted molar refractivity (Wildman–Crippen MR) is 72.1 cm³/mol. The molecule has 1 aliphatic rings. The Morgan fingerprint density at radius 2 is 1.85 bits per heavy atom. The fraction of sp³-hybridized carbons (Fsp3) is 0.200. The lowest BCUT2D eigenvalue weighted by atomic mass is 9.86. The number of phenolic OH excluding ortho intramolecular Hbond substituents is 1. The van der Waals surface area contributed by atoms with Crippen LogP contribution in [0.3, 0.4) is 0 Å². The van der Waals surface area contributed by atoms with Gasteiger partial charge in [0, 0.05) is 6.20 Å². The first-order chi connectivity index (χ1) is 9.58. The lowest BCUT2D eigenvalue weighted by Gasteiger charge is -2.46. The quantitative estimate of drug-likeness (QED) is 0.858. The van der Waals surface area contributed by atoms with Crippen LogP contribution in [0.1, 0.15) is 16.1 Å². The highest BCUT2D eigenvalue weighted by molar-refractivity contribution is 5.93. The lowest BCUT2D eigenvalue weighted by Crippen LogP contribution is -2.61. The Kier molecular flexibility index (Phi) is 2.91. The number of amides is 1. The summed E-state index contributed by atoms with van der Waals surface area (Å²) in [6.07, 6.45) is 1.57. The normalized spacial score (nSPS) is 16.6. The van der Waals surface area contributed by atoms with Crippen LogP contribution >= 0.6 is 0 Å². The molecule has 3 rings (SSSR count). The monoisotopic (exact) mass is 270 g/mol. The van der Waals surface area contributed by atoms with Crippen molar-refractivity contribution in [3.05, 3.63) is 59.9 Å². The molecule has 2 N–H and O–H groups in total. The summed E-state index contributed by atoms with van der Waals surface area (Å²) in [4.78, 5) is 17.7. The van der Waals surface area contributed by atoms with Crippen molar-refractivity contribution in [3.63, 3.8) is 0 Å². The van der Waals surface area contributed by atoms with Crippen LogP contribution in [0.5, 0.6) is 5.75 Å². The Labute approximate surface area is 116 Å². The van der Waals surface area contributed by atoms with E-state index < -0.39 is 5.60 Å². The SMILES string of the molecule is O=C(c1ccccn1)N1CC(O)(c2ccc(O)cc2)C1. The van der Waals surface area contributed by atoms with Gasteiger partial charge in [0.15, 0.2) is 0 Å². The minimum absolute atomic E-state index is 0.151. The number of pyridine rings is 1. The summed E-state index contributed by atoms with van der Waals surface area (Å²) in [5.41, 5.74) is 0.0265. The maximum Gasteiger partial charge on any atom is 0.272 e. The highest BCUT2D eigenvalue weighted by Crippen LogP contribution is 2.33. The van der Waals surface area contributed by atoms with Gasteiger partial charge in [0.05, 0.1) is 13.1 Å². The van der Waals surface area contributed by atoms with Gasteiger partial charge in [-0.3, -0.25) is 9.78 Å². The second-order valence-corrected chi connectivity index (χ2v) is 4.95. The number of carbonyl (C=O) groups is 1. The number of aromatic nitrogens is 1. The first-order valence-electron chi connectivity index (χ1n) is 6.31. The molecule has 1 amide bonds. The Morgan fingerprint density at radius 1 is 1.15 bits per heavy atom. The summed E-state index contributed by atoms with van der Waals surface area (Å²) in [7, 11) is 0. The molecule has 2 heterocycles. The molecule has 2 aromatic rings. The molecule has 1 aromatic heterocycles. The summed E-state index contributed by atoms with van der Waals surface area (Å²) < 4.78 is 0. The largest absolute Gasteiger partial charge is 0.508 e. The van der Waals surface area contributed by atoms with E-state index in [1.54, 1.807) is 41.4 Å². The Bertz CT molecular complexity index is 619. The Hall–Kier alpha value is -2.40. The Morgan fingerprint density at radius 3 is 2.45 bits per heavy atom. The van der Waals surface area contributed by atoms with Crippen molar-refractivity contribution in [2.75, 3.05) is 13.1 Å². The van der Waals surface area contributed by atoms with Crippen LogP contribution in [0.25, 0.3) is 0 Å². The van der Waals surface area contributed by atoms with Gasteiger partial charge in [-0.1, -0.05) is 18.2 Å². The van der Waals surface area contributed by atoms with Gasteiger partial charge in [0.1, 0.15) is 17.0 Å². The second-order valence-electron chi connectivity index (χ2n) is 4.95. The van der Waals surface area contributed by atoms with E-state index in [1.807, 2.05) is 0 Å². The fourth-order valence-electron chi connectivity index (χ4n) is 2.33. The van der Waals surface area contributed by atoms with Gasteiger partial charge in [-0.2, -0.15) is 0 Å². The number of benzene rings is 1. The number of likely N-dealkylation sites (tertiary alicyclic amines) is 1. The van der Waals surface area contributed by atoms with E-state index in [4.69, 9.17) is 0 Å². The third-order valence-electron chi connectivity index (χ3n) is 3.48. The highest BCUT2D eigenvalue weighted by atomic mass is 16.3. The summed E-state index contributed by atoms with van der Waals surface area (Å²) in [5, 5.41) is 19.7. The van der Waals surface area contributed by atoms with Gasteiger partial charge in [0.25, 0.3) is 5.91 Å². The second kappa shape index (κ2) is 4.61. The molecule has 0 saturated carbocycles. The zero-order chi connectivity index (χ0) is 14.2. The number of hydrogen-bond donors (Lipinski definition) is 2. The van der Waals surface area contributed by atoms with Crippen LogP contribution in [0.4, 0.5) is 0 Å². The third-order valence-corrected chi connectivity index (χ3v) is 3.48. The van der Waals surface area contributed by atoms with E-state index in [9.17, 15) is 15.0 Å². The van der Waals surface area contributed by atoms with Crippen molar-refractivity contribution >= 4 is 5.91 Å². The van der Waals surface area contributed by atoms with Crippen LogP contribution in [0.15, 0.2) is 48.7 Å². The van der Waals surface area contributed by atoms with E-state index in [1.165, 1.54) is 12.1 Å². The van der Waals surface area contributed by atoms with Gasteiger partial charge in [-0.05, 0) is 29.8 Å². The van der Waals surface area contributed by atoms with E-state index in [2.05, 4.69) is 4.98 Å². The molecule has 5 heteroatoms. The van der Waals surface area contributed by atoms with Crippen molar-refractivity contribution < 1.29 is 15.0 Å². The minimum atomic E-state index is -1.04. The average molecular weight is 270 g/mol. The zero-order valence-corrected chi connectivity index (χ0v) is 10.7. The third kappa shape index (κ3) is 2.12. The van der Waals surface area contributed by atoms with Gasteiger partial charge >= 0.3 is 0 Å². The molecule has 0 bridgehead atoms. The first kappa shape index (κ1) is 12.6. The van der Waals surface area contributed by atoms with Crippen LogP contribution in [-0.2, 0) is 5.60 Å². The van der Waals surface area contributed by atoms with Gasteiger partial charge in [0.2, 0.25) is 0 Å². The fourth-order valence-corrected chi connectivity index (χ4v) is 2.33. The number of hydrogen-bond acceptors (Lipinski definition) is 4. The minimum Gasteiger partial charge on any atom is -0.508 e. The molecule has 0 unspecified atom stereocenters. The molecule has 1 fully saturated rings. The van der Waals surface area contributed by atoms with E-state index >= 15 is 0 Å². The smallest absolute Gasteiger partial charge is 0.272 e. The zero-order valence-electron chi connectivity index (χ0n) is 10.7. The van der Waals surface area contributed by atoms with Crippen LogP contribution < -0.4 is 0 Å². The van der Waals surface area contributed by atoms with Crippen LogP contribution in [-0.4, -0.2) is 39.1 Å². The van der Waals surface area contributed by atoms with E-state index in [-0.39, 0.29) is 24.7 Å². The molecule has 0 atom stereocenters. The molecule has 1 aromatic carbocycles. The van der Waals surface area contributed by atoms with Gasteiger partial charge in [-0.25, -0.2) is 0 Å². The topological polar surface area (TPSA) is 73.7 Å². The van der Waals surface area contributed by atoms with E-state index in [0.29, 0.717) is 11.3 Å². The predicted octanol–water partition coefficient (Wildman–Crippen LogP) is 1.13.